The Balaban J connectivity index is 1.12. The summed E-state index contributed by atoms with van der Waals surface area (Å²) >= 11 is 0. The van der Waals surface area contributed by atoms with Crippen LogP contribution in [0.25, 0.3) is 88.8 Å². The van der Waals surface area contributed by atoms with E-state index >= 15 is 0 Å². The van der Waals surface area contributed by atoms with Gasteiger partial charge in [-0.25, -0.2) is 19.9 Å². The Morgan fingerprint density at radius 2 is 0.921 bits per heavy atom. The minimum absolute atomic E-state index is 0.190. The first-order valence-corrected chi connectivity index (χ1v) is 21.1. The average molecular weight is 810 g/mol. The highest BCUT2D eigenvalue weighted by Gasteiger charge is 2.38. The zero-order valence-corrected chi connectivity index (χ0v) is 33.7. The van der Waals surface area contributed by atoms with Gasteiger partial charge in [-0.05, 0) is 82.9 Å². The molecule has 2 atom stereocenters. The molecule has 0 radical (unpaired) electrons. The van der Waals surface area contributed by atoms with Crippen LogP contribution >= 0.6 is 0 Å². The van der Waals surface area contributed by atoms with E-state index in [0.717, 1.165) is 106 Å². The molecule has 0 spiro atoms. The summed E-state index contributed by atoms with van der Waals surface area (Å²) in [4.78, 5) is 33.6. The SMILES string of the molecule is C1=CC2N=C(c3cc(-c4nc5cccnc5n4-c4cccc5ccccc45)cc(-c4nc5cccnc5n4-c4cccc5ccccc45)c3)N(c3cccc4ccccc34)C2N=C1. The topological polar surface area (TPSA) is 89.4 Å². The number of benzene rings is 7. The largest absolute Gasteiger partial charge is 0.300 e. The second kappa shape index (κ2) is 14.0. The van der Waals surface area contributed by atoms with E-state index in [1.165, 1.54) is 0 Å². The number of nitrogens with zero attached hydrogens (tertiary/aromatic N) is 9. The van der Waals surface area contributed by atoms with Crippen LogP contribution in [-0.2, 0) is 0 Å². The molecule has 0 fully saturated rings. The molecule has 7 aromatic carbocycles. The molecule has 11 aromatic rings. The third kappa shape index (κ3) is 5.56. The number of allylic oxidation sites excluding steroid dienone is 1. The van der Waals surface area contributed by atoms with E-state index in [-0.39, 0.29) is 12.2 Å². The first-order valence-electron chi connectivity index (χ1n) is 21.1. The van der Waals surface area contributed by atoms with Gasteiger partial charge in [-0.1, -0.05) is 115 Å². The molecule has 9 nitrogen and oxygen atoms in total. The molecule has 2 unspecified atom stereocenters. The molecule has 0 aliphatic carbocycles. The maximum atomic E-state index is 5.51. The summed E-state index contributed by atoms with van der Waals surface area (Å²) < 4.78 is 4.39. The van der Waals surface area contributed by atoms with Crippen molar-refractivity contribution in [3.05, 3.63) is 200 Å². The molecule has 0 saturated carbocycles. The number of hydrogen-bond acceptors (Lipinski definition) is 7. The second-order valence-corrected chi connectivity index (χ2v) is 15.9. The Kier molecular flexibility index (Phi) is 7.83. The van der Waals surface area contributed by atoms with Crippen molar-refractivity contribution in [2.45, 2.75) is 12.2 Å². The molecule has 0 amide bonds. The molecule has 0 N–H and O–H groups in total. The van der Waals surface area contributed by atoms with Crippen LogP contribution in [0.5, 0.6) is 0 Å². The first kappa shape index (κ1) is 35.2. The van der Waals surface area contributed by atoms with Crippen LogP contribution in [0.1, 0.15) is 5.56 Å². The molecular weight excluding hydrogens is 775 g/mol. The van der Waals surface area contributed by atoms with Crippen LogP contribution in [0.4, 0.5) is 5.69 Å². The van der Waals surface area contributed by atoms with Gasteiger partial charge in [0.1, 0.15) is 34.6 Å². The van der Waals surface area contributed by atoms with Gasteiger partial charge in [-0.2, -0.15) is 0 Å². The van der Waals surface area contributed by atoms with Crippen molar-refractivity contribution >= 4 is 72.4 Å². The second-order valence-electron chi connectivity index (χ2n) is 15.9. The smallest absolute Gasteiger partial charge is 0.164 e. The number of aromatic nitrogens is 6. The lowest BCUT2D eigenvalue weighted by Crippen LogP contribution is -2.39. The van der Waals surface area contributed by atoms with E-state index in [2.05, 4.69) is 166 Å². The molecule has 4 aromatic heterocycles. The Hall–Kier alpha value is -8.56. The predicted molar refractivity (Wildman–Crippen MR) is 255 cm³/mol. The minimum Gasteiger partial charge on any atom is -0.300 e. The van der Waals surface area contributed by atoms with Crippen LogP contribution in [0.3, 0.4) is 0 Å². The summed E-state index contributed by atoms with van der Waals surface area (Å²) in [7, 11) is 0. The van der Waals surface area contributed by atoms with Gasteiger partial charge in [0, 0.05) is 51.5 Å². The highest BCUT2D eigenvalue weighted by atomic mass is 15.4. The molecular formula is C54H35N9. The first-order chi connectivity index (χ1) is 31.2. The minimum atomic E-state index is -0.267. The van der Waals surface area contributed by atoms with E-state index in [1.807, 2.05) is 48.9 Å². The Morgan fingerprint density at radius 1 is 0.444 bits per heavy atom. The molecule has 296 valence electrons. The van der Waals surface area contributed by atoms with Gasteiger partial charge in [0.25, 0.3) is 0 Å². The number of pyridine rings is 2. The third-order valence-corrected chi connectivity index (χ3v) is 12.3. The lowest BCUT2D eigenvalue weighted by Gasteiger charge is -2.29. The number of fused-ring (bicyclic) bond motifs is 6. The summed E-state index contributed by atoms with van der Waals surface area (Å²) in [5.41, 5.74) is 8.81. The lowest BCUT2D eigenvalue weighted by molar-refractivity contribution is 0.660. The van der Waals surface area contributed by atoms with Gasteiger partial charge in [-0.3, -0.25) is 19.1 Å². The molecule has 0 saturated heterocycles. The number of aliphatic imine (C=N–C) groups is 2. The molecule has 0 bridgehead atoms. The van der Waals surface area contributed by atoms with Crippen molar-refractivity contribution < 1.29 is 0 Å². The summed E-state index contributed by atoms with van der Waals surface area (Å²) in [5, 5.41) is 6.74. The maximum Gasteiger partial charge on any atom is 0.164 e. The van der Waals surface area contributed by atoms with Crippen LogP contribution in [-0.4, -0.2) is 53.3 Å². The number of rotatable bonds is 6. The third-order valence-electron chi connectivity index (χ3n) is 12.3. The summed E-state index contributed by atoms with van der Waals surface area (Å²) in [5.74, 6) is 2.31. The maximum absolute atomic E-state index is 5.51. The van der Waals surface area contributed by atoms with E-state index in [4.69, 9.17) is 29.9 Å². The van der Waals surface area contributed by atoms with Gasteiger partial charge in [-0.15, -0.1) is 0 Å². The Bertz CT molecular complexity index is 3550. The van der Waals surface area contributed by atoms with Crippen LogP contribution in [0, 0.1) is 0 Å². The van der Waals surface area contributed by atoms with Crippen molar-refractivity contribution in [3.8, 4) is 34.2 Å². The number of dihydropyridines is 1. The normalized spacial score (nSPS) is 15.9. The highest BCUT2D eigenvalue weighted by Crippen LogP contribution is 2.40. The quantitative estimate of drug-likeness (QED) is 0.167. The average Bonchev–Trinajstić information content (AvgIpc) is 4.06. The van der Waals surface area contributed by atoms with Gasteiger partial charge in [0.2, 0.25) is 0 Å². The molecule has 13 rings (SSSR count). The van der Waals surface area contributed by atoms with Crippen LogP contribution < -0.4 is 4.90 Å². The zero-order chi connectivity index (χ0) is 41.4. The van der Waals surface area contributed by atoms with Crippen molar-refractivity contribution in [1.82, 2.24) is 29.1 Å². The number of imidazole rings is 2. The summed E-state index contributed by atoms with van der Waals surface area (Å²) in [6.07, 6.45) is 9.43. The highest BCUT2D eigenvalue weighted by molar-refractivity contribution is 6.16. The Morgan fingerprint density at radius 3 is 1.48 bits per heavy atom. The summed E-state index contributed by atoms with van der Waals surface area (Å²) in [6.45, 7) is 0. The van der Waals surface area contributed by atoms with E-state index in [9.17, 15) is 0 Å². The number of amidine groups is 1. The van der Waals surface area contributed by atoms with E-state index in [1.54, 1.807) is 0 Å². The fourth-order valence-corrected chi connectivity index (χ4v) is 9.53. The van der Waals surface area contributed by atoms with E-state index in [0.29, 0.717) is 0 Å². The van der Waals surface area contributed by atoms with Gasteiger partial charge in [0.15, 0.2) is 17.5 Å². The standard InChI is InChI=1S/C54H35N9/c1-4-19-40-34(13-1)16-7-25-46(40)61-49(58-43-22-10-28-55-52(43)61)37-31-38(50-59-44-23-11-29-56-53(44)62(50)47-26-8-17-35-14-2-5-20-41(35)47)33-39(32-37)51-60-45-24-12-30-57-54(45)63(51)48-27-9-18-36-15-3-6-21-42(36)48/h1-33,43,52H. The molecule has 2 aliphatic heterocycles. The van der Waals surface area contributed by atoms with Gasteiger partial charge in [0.05, 0.1) is 17.1 Å². The van der Waals surface area contributed by atoms with Gasteiger partial charge < -0.3 is 4.90 Å². The molecule has 9 heteroatoms. The number of hydrogen-bond donors (Lipinski definition) is 0. The van der Waals surface area contributed by atoms with Crippen LogP contribution in [0.15, 0.2) is 204 Å². The predicted octanol–water partition coefficient (Wildman–Crippen LogP) is 11.6. The lowest BCUT2D eigenvalue weighted by atomic mass is 10.0. The fourth-order valence-electron chi connectivity index (χ4n) is 9.53. The van der Waals surface area contributed by atoms with Crippen molar-refractivity contribution in [3.63, 3.8) is 0 Å². The molecule has 2 aliphatic rings. The monoisotopic (exact) mass is 809 g/mol. The van der Waals surface area contributed by atoms with Crippen molar-refractivity contribution in [2.24, 2.45) is 9.98 Å². The number of anilines is 1. The molecule has 6 heterocycles. The van der Waals surface area contributed by atoms with Crippen LogP contribution in [0.2, 0.25) is 0 Å². The zero-order valence-electron chi connectivity index (χ0n) is 33.7. The van der Waals surface area contributed by atoms with Crippen molar-refractivity contribution in [2.75, 3.05) is 4.90 Å². The molecule has 63 heavy (non-hydrogen) atoms. The fraction of sp³-hybridized carbons (Fsp3) is 0.0370. The summed E-state index contributed by atoms with van der Waals surface area (Å²) in [6, 6.07) is 59.1. The van der Waals surface area contributed by atoms with E-state index < -0.39 is 0 Å². The van der Waals surface area contributed by atoms with Crippen molar-refractivity contribution in [1.29, 1.82) is 0 Å². The Labute approximate surface area is 361 Å². The van der Waals surface area contributed by atoms with Gasteiger partial charge >= 0.3 is 0 Å².